The van der Waals surface area contributed by atoms with Crippen LogP contribution in [0.3, 0.4) is 0 Å². The van der Waals surface area contributed by atoms with Gasteiger partial charge in [0.1, 0.15) is 11.5 Å². The minimum atomic E-state index is 0.446. The van der Waals surface area contributed by atoms with Gasteiger partial charge in [0.25, 0.3) is 4.80 Å². The lowest BCUT2D eigenvalue weighted by molar-refractivity contribution is 0.539. The number of halogens is 2. The third-order valence-corrected chi connectivity index (χ3v) is 4.57. The molecule has 1 aliphatic carbocycles. The van der Waals surface area contributed by atoms with Crippen molar-refractivity contribution in [2.45, 2.75) is 25.7 Å². The van der Waals surface area contributed by atoms with Crippen LogP contribution in [0.4, 0.5) is 0 Å². The highest BCUT2D eigenvalue weighted by atomic mass is 79.9. The van der Waals surface area contributed by atoms with E-state index in [1.807, 2.05) is 37.4 Å². The van der Waals surface area contributed by atoms with Crippen LogP contribution in [-0.4, -0.2) is 15.0 Å². The minimum Gasteiger partial charge on any atom is -0.429 e. The number of benzene rings is 1. The summed E-state index contributed by atoms with van der Waals surface area (Å²) in [7, 11) is 0. The molecule has 0 bridgehead atoms. The molecule has 0 unspecified atom stereocenters. The Morgan fingerprint density at radius 1 is 1.17 bits per heavy atom. The van der Waals surface area contributed by atoms with Crippen LogP contribution in [0.25, 0.3) is 22.6 Å². The van der Waals surface area contributed by atoms with Crippen molar-refractivity contribution in [2.24, 2.45) is 0 Å². The smallest absolute Gasteiger partial charge is 0.264 e. The lowest BCUT2D eigenvalue weighted by Gasteiger charge is -2.10. The van der Waals surface area contributed by atoms with E-state index in [2.05, 4.69) is 25.9 Å². The first kappa shape index (κ1) is 14.8. The monoisotopic (exact) mass is 389 g/mol. The van der Waals surface area contributed by atoms with E-state index in [4.69, 9.17) is 21.0 Å². The molecule has 1 saturated carbocycles. The molecular weight excluding hydrogens is 378 g/mol. The average Bonchev–Trinajstić information content (AvgIpc) is 3.32. The molecular formula is C17H13BrClN3O. The van der Waals surface area contributed by atoms with Crippen LogP contribution in [-0.2, 0) is 0 Å². The average molecular weight is 391 g/mol. The summed E-state index contributed by atoms with van der Waals surface area (Å²) in [6.07, 6.45) is 4.13. The summed E-state index contributed by atoms with van der Waals surface area (Å²) in [6.45, 7) is 1.90. The molecule has 0 radical (unpaired) electrons. The fourth-order valence-corrected chi connectivity index (χ4v) is 3.23. The number of hydrogen-bond donors (Lipinski definition) is 0. The maximum atomic E-state index is 6.37. The van der Waals surface area contributed by atoms with Gasteiger partial charge in [-0.25, -0.2) is 15.0 Å². The van der Waals surface area contributed by atoms with Crippen LogP contribution < -0.4 is 0 Å². The van der Waals surface area contributed by atoms with Gasteiger partial charge < -0.3 is 4.42 Å². The highest BCUT2D eigenvalue weighted by Crippen LogP contribution is 2.41. The lowest BCUT2D eigenvalue weighted by Crippen LogP contribution is -1.98. The van der Waals surface area contributed by atoms with Crippen LogP contribution in [0.5, 0.6) is 0 Å². The largest absolute Gasteiger partial charge is 0.429 e. The molecule has 4 nitrogen and oxygen atoms in total. The topological polar surface area (TPSA) is 51.8 Å². The first-order chi connectivity index (χ1) is 11.1. The maximum absolute atomic E-state index is 6.37. The fourth-order valence-electron chi connectivity index (χ4n) is 2.57. The van der Waals surface area contributed by atoms with Crippen molar-refractivity contribution in [3.05, 3.63) is 51.8 Å². The SMILES string of the molecule is Cc1nc(Br)oc1-c1nc(C2CC2)ncc1-c1ccccc1Cl. The minimum absolute atomic E-state index is 0.446. The molecule has 0 aliphatic heterocycles. The first-order valence-corrected chi connectivity index (χ1v) is 8.55. The molecule has 23 heavy (non-hydrogen) atoms. The number of rotatable bonds is 3. The molecule has 2 aromatic heterocycles. The van der Waals surface area contributed by atoms with E-state index in [-0.39, 0.29) is 0 Å². The van der Waals surface area contributed by atoms with Gasteiger partial charge in [-0.1, -0.05) is 29.8 Å². The van der Waals surface area contributed by atoms with E-state index < -0.39 is 0 Å². The predicted molar refractivity (Wildman–Crippen MR) is 92.4 cm³/mol. The summed E-state index contributed by atoms with van der Waals surface area (Å²) in [5.74, 6) is 1.97. The molecule has 0 spiro atoms. The number of aromatic nitrogens is 3. The van der Waals surface area contributed by atoms with Gasteiger partial charge in [0.2, 0.25) is 0 Å². The highest BCUT2D eigenvalue weighted by molar-refractivity contribution is 9.10. The van der Waals surface area contributed by atoms with Crippen LogP contribution in [0.15, 0.2) is 39.7 Å². The van der Waals surface area contributed by atoms with Gasteiger partial charge in [-0.2, -0.15) is 0 Å². The van der Waals surface area contributed by atoms with Crippen molar-refractivity contribution < 1.29 is 4.42 Å². The Morgan fingerprint density at radius 3 is 2.61 bits per heavy atom. The zero-order chi connectivity index (χ0) is 16.0. The summed E-state index contributed by atoms with van der Waals surface area (Å²) in [5.41, 5.74) is 3.27. The Bertz CT molecular complexity index is 889. The number of oxazole rings is 1. The zero-order valence-corrected chi connectivity index (χ0v) is 14.7. The van der Waals surface area contributed by atoms with E-state index in [0.29, 0.717) is 21.5 Å². The van der Waals surface area contributed by atoms with Gasteiger partial charge in [-0.15, -0.1) is 0 Å². The van der Waals surface area contributed by atoms with Crippen molar-refractivity contribution in [1.29, 1.82) is 0 Å². The van der Waals surface area contributed by atoms with Gasteiger partial charge in [0, 0.05) is 44.2 Å². The molecule has 0 saturated heterocycles. The highest BCUT2D eigenvalue weighted by Gasteiger charge is 2.29. The number of aryl methyl sites for hydroxylation is 1. The van der Waals surface area contributed by atoms with E-state index >= 15 is 0 Å². The second-order valence-corrected chi connectivity index (χ2v) is 6.71. The van der Waals surface area contributed by atoms with Gasteiger partial charge in [0.05, 0.1) is 5.69 Å². The molecule has 0 atom stereocenters. The normalized spacial score (nSPS) is 14.2. The van der Waals surface area contributed by atoms with Gasteiger partial charge >= 0.3 is 0 Å². The molecule has 3 aromatic rings. The fraction of sp³-hybridized carbons (Fsp3) is 0.235. The summed E-state index contributed by atoms with van der Waals surface area (Å²) in [4.78, 5) is 14.0. The molecule has 2 heterocycles. The number of nitrogens with zero attached hydrogens (tertiary/aromatic N) is 3. The lowest BCUT2D eigenvalue weighted by atomic mass is 10.0. The molecule has 1 aliphatic rings. The van der Waals surface area contributed by atoms with Crippen LogP contribution in [0.2, 0.25) is 5.02 Å². The van der Waals surface area contributed by atoms with Crippen molar-refractivity contribution in [1.82, 2.24) is 15.0 Å². The van der Waals surface area contributed by atoms with Crippen molar-refractivity contribution in [2.75, 3.05) is 0 Å². The van der Waals surface area contributed by atoms with Gasteiger partial charge in [-0.05, 0) is 25.8 Å². The van der Waals surface area contributed by atoms with Crippen molar-refractivity contribution in [3.8, 4) is 22.6 Å². The van der Waals surface area contributed by atoms with Crippen LogP contribution in [0.1, 0.15) is 30.3 Å². The molecule has 116 valence electrons. The Balaban J connectivity index is 1.95. The van der Waals surface area contributed by atoms with Crippen LogP contribution in [0, 0.1) is 6.92 Å². The summed E-state index contributed by atoms with van der Waals surface area (Å²) in [5, 5.41) is 0.660. The second-order valence-electron chi connectivity index (χ2n) is 5.63. The van der Waals surface area contributed by atoms with Crippen molar-refractivity contribution in [3.63, 3.8) is 0 Å². The Labute approximate surface area is 147 Å². The molecule has 1 fully saturated rings. The zero-order valence-electron chi connectivity index (χ0n) is 12.4. The van der Waals surface area contributed by atoms with E-state index in [0.717, 1.165) is 41.2 Å². The Hall–Kier alpha value is -1.72. The first-order valence-electron chi connectivity index (χ1n) is 7.38. The predicted octanol–water partition coefficient (Wildman–Crippen LogP) is 5.40. The summed E-state index contributed by atoms with van der Waals surface area (Å²) < 4.78 is 5.73. The van der Waals surface area contributed by atoms with Gasteiger partial charge in [0.15, 0.2) is 5.76 Å². The van der Waals surface area contributed by atoms with E-state index in [1.54, 1.807) is 0 Å². The van der Waals surface area contributed by atoms with Crippen LogP contribution >= 0.6 is 27.5 Å². The quantitative estimate of drug-likeness (QED) is 0.601. The molecule has 4 rings (SSSR count). The summed E-state index contributed by atoms with van der Waals surface area (Å²) in [6, 6.07) is 7.67. The Morgan fingerprint density at radius 2 is 1.96 bits per heavy atom. The Kier molecular flexibility index (Phi) is 3.70. The third-order valence-electron chi connectivity index (χ3n) is 3.90. The van der Waals surface area contributed by atoms with E-state index in [9.17, 15) is 0 Å². The molecule has 1 aromatic carbocycles. The molecule has 0 amide bonds. The second kappa shape index (κ2) is 5.73. The molecule has 0 N–H and O–H groups in total. The number of hydrogen-bond acceptors (Lipinski definition) is 4. The standard InChI is InChI=1S/C17H13BrClN3O/c1-9-15(23-17(18)21-9)14-12(11-4-2-3-5-13(11)19)8-20-16(22-14)10-6-7-10/h2-5,8,10H,6-7H2,1H3. The van der Waals surface area contributed by atoms with Gasteiger partial charge in [-0.3, -0.25) is 0 Å². The van der Waals surface area contributed by atoms with E-state index in [1.165, 1.54) is 0 Å². The third kappa shape index (κ3) is 2.79. The maximum Gasteiger partial charge on any atom is 0.264 e. The van der Waals surface area contributed by atoms with Crippen molar-refractivity contribution >= 4 is 27.5 Å². The molecule has 6 heteroatoms. The summed E-state index contributed by atoms with van der Waals surface area (Å²) >= 11 is 9.65.